The SMILES string of the molecule is COC(=O)/C=C/c1ccc(Nc2cccc(CN3CCSCC3)c2)c([N+](=O)[O-])c1. The maximum atomic E-state index is 11.5. The molecule has 0 saturated carbocycles. The van der Waals surface area contributed by atoms with Crippen LogP contribution in [0.3, 0.4) is 0 Å². The summed E-state index contributed by atoms with van der Waals surface area (Å²) in [6.45, 7) is 3.03. The molecule has 0 spiro atoms. The Morgan fingerprint density at radius 1 is 1.28 bits per heavy atom. The van der Waals surface area contributed by atoms with Crippen LogP contribution in [0.2, 0.25) is 0 Å². The van der Waals surface area contributed by atoms with E-state index in [4.69, 9.17) is 0 Å². The molecule has 0 amide bonds. The fourth-order valence-corrected chi connectivity index (χ4v) is 4.04. The molecule has 0 aromatic heterocycles. The molecule has 1 aliphatic rings. The highest BCUT2D eigenvalue weighted by Crippen LogP contribution is 2.29. The van der Waals surface area contributed by atoms with Crippen molar-refractivity contribution in [2.75, 3.05) is 37.0 Å². The minimum Gasteiger partial charge on any atom is -0.466 e. The number of carbonyl (C=O) groups is 1. The van der Waals surface area contributed by atoms with Gasteiger partial charge in [-0.15, -0.1) is 0 Å². The molecule has 0 radical (unpaired) electrons. The molecule has 1 heterocycles. The lowest BCUT2D eigenvalue weighted by molar-refractivity contribution is -0.383. The van der Waals surface area contributed by atoms with Crippen LogP contribution >= 0.6 is 11.8 Å². The number of methoxy groups -OCH3 is 1. The summed E-state index contributed by atoms with van der Waals surface area (Å²) in [5, 5.41) is 14.7. The van der Waals surface area contributed by atoms with Gasteiger partial charge in [0.15, 0.2) is 0 Å². The van der Waals surface area contributed by atoms with Gasteiger partial charge >= 0.3 is 5.97 Å². The van der Waals surface area contributed by atoms with E-state index in [9.17, 15) is 14.9 Å². The molecule has 152 valence electrons. The van der Waals surface area contributed by atoms with Crippen molar-refractivity contribution in [3.05, 3.63) is 69.8 Å². The fourth-order valence-electron chi connectivity index (χ4n) is 3.06. The average Bonchev–Trinajstić information content (AvgIpc) is 2.73. The summed E-state index contributed by atoms with van der Waals surface area (Å²) in [6.07, 6.45) is 2.72. The van der Waals surface area contributed by atoms with Gasteiger partial charge in [-0.25, -0.2) is 4.79 Å². The number of thioether (sulfide) groups is 1. The third kappa shape index (κ3) is 6.07. The van der Waals surface area contributed by atoms with E-state index in [-0.39, 0.29) is 5.69 Å². The Morgan fingerprint density at radius 3 is 2.79 bits per heavy atom. The molecule has 1 aliphatic heterocycles. The van der Waals surface area contributed by atoms with E-state index in [1.54, 1.807) is 12.1 Å². The largest absolute Gasteiger partial charge is 0.466 e. The van der Waals surface area contributed by atoms with Crippen molar-refractivity contribution in [3.63, 3.8) is 0 Å². The van der Waals surface area contributed by atoms with Gasteiger partial charge in [0.05, 0.1) is 12.0 Å². The van der Waals surface area contributed by atoms with E-state index in [0.29, 0.717) is 11.3 Å². The zero-order chi connectivity index (χ0) is 20.6. The molecule has 8 heteroatoms. The predicted molar refractivity (Wildman–Crippen MR) is 116 cm³/mol. The van der Waals surface area contributed by atoms with Crippen molar-refractivity contribution in [2.24, 2.45) is 0 Å². The normalized spacial score (nSPS) is 14.7. The van der Waals surface area contributed by atoms with E-state index in [1.165, 1.54) is 30.9 Å². The summed E-state index contributed by atoms with van der Waals surface area (Å²) in [5.74, 6) is 1.79. The topological polar surface area (TPSA) is 84.7 Å². The number of nitro benzene ring substituents is 1. The maximum Gasteiger partial charge on any atom is 0.330 e. The van der Waals surface area contributed by atoms with Gasteiger partial charge in [-0.05, 0) is 35.4 Å². The van der Waals surface area contributed by atoms with Gasteiger partial charge < -0.3 is 10.1 Å². The molecular weight excluding hydrogens is 390 g/mol. The second-order valence-corrected chi connectivity index (χ2v) is 7.83. The first kappa shape index (κ1) is 20.9. The van der Waals surface area contributed by atoms with E-state index in [1.807, 2.05) is 30.0 Å². The quantitative estimate of drug-likeness (QED) is 0.317. The van der Waals surface area contributed by atoms with Gasteiger partial charge in [-0.3, -0.25) is 15.0 Å². The number of hydrogen-bond donors (Lipinski definition) is 1. The molecule has 0 bridgehead atoms. The molecule has 2 aromatic carbocycles. The van der Waals surface area contributed by atoms with Crippen molar-refractivity contribution < 1.29 is 14.5 Å². The first-order chi connectivity index (χ1) is 14.0. The summed E-state index contributed by atoms with van der Waals surface area (Å²) in [5.41, 5.74) is 2.86. The van der Waals surface area contributed by atoms with Gasteiger partial charge in [0.2, 0.25) is 0 Å². The molecular formula is C21H23N3O4S. The summed E-state index contributed by atoms with van der Waals surface area (Å²) < 4.78 is 4.54. The molecule has 1 saturated heterocycles. The minimum atomic E-state index is -0.515. The third-order valence-corrected chi connectivity index (χ3v) is 5.49. The Morgan fingerprint density at radius 2 is 2.07 bits per heavy atom. The number of rotatable bonds is 7. The van der Waals surface area contributed by atoms with Crippen LogP contribution in [0.25, 0.3) is 6.08 Å². The zero-order valence-electron chi connectivity index (χ0n) is 16.2. The molecule has 2 aromatic rings. The number of nitro groups is 1. The van der Waals surface area contributed by atoms with Crippen molar-refractivity contribution in [3.8, 4) is 0 Å². The molecule has 3 rings (SSSR count). The molecule has 7 nitrogen and oxygen atoms in total. The lowest BCUT2D eigenvalue weighted by atomic mass is 10.1. The Balaban J connectivity index is 1.76. The summed E-state index contributed by atoms with van der Waals surface area (Å²) in [7, 11) is 1.28. The number of esters is 1. The highest BCUT2D eigenvalue weighted by Gasteiger charge is 2.15. The smallest absolute Gasteiger partial charge is 0.330 e. The lowest BCUT2D eigenvalue weighted by Crippen LogP contribution is -2.31. The predicted octanol–water partition coefficient (Wildman–Crippen LogP) is 4.07. The number of hydrogen-bond acceptors (Lipinski definition) is 7. The number of ether oxygens (including phenoxy) is 1. The van der Waals surface area contributed by atoms with Crippen LogP contribution in [0.5, 0.6) is 0 Å². The molecule has 1 N–H and O–H groups in total. The monoisotopic (exact) mass is 413 g/mol. The van der Waals surface area contributed by atoms with Crippen LogP contribution in [0.15, 0.2) is 48.5 Å². The fraction of sp³-hybridized carbons (Fsp3) is 0.286. The summed E-state index contributed by atoms with van der Waals surface area (Å²) in [4.78, 5) is 24.7. The molecule has 0 unspecified atom stereocenters. The maximum absolute atomic E-state index is 11.5. The number of benzene rings is 2. The number of nitrogens with zero attached hydrogens (tertiary/aromatic N) is 2. The van der Waals surface area contributed by atoms with Crippen LogP contribution in [0.4, 0.5) is 17.1 Å². The van der Waals surface area contributed by atoms with Gasteiger partial charge in [0.25, 0.3) is 5.69 Å². The van der Waals surface area contributed by atoms with Gasteiger partial charge in [0, 0.05) is 49.0 Å². The van der Waals surface area contributed by atoms with Crippen molar-refractivity contribution in [2.45, 2.75) is 6.54 Å². The number of carbonyl (C=O) groups excluding carboxylic acids is 1. The van der Waals surface area contributed by atoms with Gasteiger partial charge in [-0.2, -0.15) is 11.8 Å². The van der Waals surface area contributed by atoms with Gasteiger partial charge in [0.1, 0.15) is 5.69 Å². The Bertz CT molecular complexity index is 911. The average molecular weight is 413 g/mol. The summed E-state index contributed by atoms with van der Waals surface area (Å²) in [6, 6.07) is 12.7. The Labute approximate surface area is 173 Å². The second-order valence-electron chi connectivity index (χ2n) is 6.60. The first-order valence-corrected chi connectivity index (χ1v) is 10.4. The van der Waals surface area contributed by atoms with Crippen LogP contribution in [0, 0.1) is 10.1 Å². The van der Waals surface area contributed by atoms with E-state index in [0.717, 1.165) is 36.8 Å². The standard InChI is InChI=1S/C21H23N3O4S/c1-28-21(25)8-6-16-5-7-19(20(14-16)24(26)27)22-18-4-2-3-17(13-18)15-23-9-11-29-12-10-23/h2-8,13-14,22H,9-12,15H2,1H3/b8-6+. The van der Waals surface area contributed by atoms with E-state index < -0.39 is 10.9 Å². The molecule has 1 fully saturated rings. The van der Waals surface area contributed by atoms with E-state index >= 15 is 0 Å². The molecule has 0 aliphatic carbocycles. The highest BCUT2D eigenvalue weighted by molar-refractivity contribution is 7.99. The van der Waals surface area contributed by atoms with Gasteiger partial charge in [-0.1, -0.05) is 18.2 Å². The number of anilines is 2. The molecule has 0 atom stereocenters. The zero-order valence-corrected chi connectivity index (χ0v) is 17.0. The molecule has 29 heavy (non-hydrogen) atoms. The highest BCUT2D eigenvalue weighted by atomic mass is 32.2. The summed E-state index contributed by atoms with van der Waals surface area (Å²) >= 11 is 1.98. The van der Waals surface area contributed by atoms with E-state index in [2.05, 4.69) is 21.0 Å². The number of nitrogens with one attached hydrogen (secondary N) is 1. The van der Waals surface area contributed by atoms with Crippen molar-refractivity contribution >= 4 is 40.9 Å². The van der Waals surface area contributed by atoms with Crippen LogP contribution in [0.1, 0.15) is 11.1 Å². The first-order valence-electron chi connectivity index (χ1n) is 9.25. The second kappa shape index (κ2) is 10.1. The Kier molecular flexibility index (Phi) is 7.26. The van der Waals surface area contributed by atoms with Crippen LogP contribution in [-0.2, 0) is 16.1 Å². The van der Waals surface area contributed by atoms with Crippen LogP contribution in [-0.4, -0.2) is 47.5 Å². The third-order valence-electron chi connectivity index (χ3n) is 4.55. The van der Waals surface area contributed by atoms with Crippen molar-refractivity contribution in [1.29, 1.82) is 0 Å². The lowest BCUT2D eigenvalue weighted by Gasteiger charge is -2.26. The Hall–Kier alpha value is -2.84. The van der Waals surface area contributed by atoms with Crippen LogP contribution < -0.4 is 5.32 Å². The van der Waals surface area contributed by atoms with Crippen molar-refractivity contribution in [1.82, 2.24) is 4.90 Å². The minimum absolute atomic E-state index is 0.0597.